The highest BCUT2D eigenvalue weighted by Gasteiger charge is 2.31. The van der Waals surface area contributed by atoms with Gasteiger partial charge in [-0.25, -0.2) is 13.1 Å². The fraction of sp³-hybridized carbons (Fsp3) is 0.500. The Morgan fingerprint density at radius 1 is 1.17 bits per heavy atom. The zero-order chi connectivity index (χ0) is 20.6. The third-order valence-corrected chi connectivity index (χ3v) is 7.87. The van der Waals surface area contributed by atoms with Crippen LogP contribution in [-0.4, -0.2) is 58.1 Å². The predicted octanol–water partition coefficient (Wildman–Crippen LogP) is 2.75. The molecule has 0 spiro atoms. The second kappa shape index (κ2) is 8.14. The molecule has 29 heavy (non-hydrogen) atoms. The molecule has 1 saturated carbocycles. The van der Waals surface area contributed by atoms with E-state index in [0.717, 1.165) is 11.4 Å². The Bertz CT molecular complexity index is 1040. The van der Waals surface area contributed by atoms with Crippen molar-refractivity contribution in [3.63, 3.8) is 0 Å². The molecule has 1 aromatic heterocycles. The van der Waals surface area contributed by atoms with E-state index in [0.29, 0.717) is 55.0 Å². The van der Waals surface area contributed by atoms with Crippen molar-refractivity contribution in [3.05, 3.63) is 53.1 Å². The SMILES string of the molecule is C=CCn1c(C2CC2)nn(CN2CCN(S(=O)(=O)c3ccc(C)cc3)CC2)c1=S. The number of nitrogens with zero attached hydrogens (tertiary/aromatic N) is 5. The van der Waals surface area contributed by atoms with E-state index in [-0.39, 0.29) is 0 Å². The van der Waals surface area contributed by atoms with Crippen LogP contribution in [-0.2, 0) is 23.2 Å². The lowest BCUT2D eigenvalue weighted by Gasteiger charge is -2.33. The molecule has 0 amide bonds. The summed E-state index contributed by atoms with van der Waals surface area (Å²) >= 11 is 5.63. The molecular weight excluding hydrogens is 406 g/mol. The Morgan fingerprint density at radius 3 is 2.41 bits per heavy atom. The molecule has 1 aliphatic heterocycles. The molecule has 0 N–H and O–H groups in total. The molecule has 0 atom stereocenters. The van der Waals surface area contributed by atoms with Gasteiger partial charge in [-0.1, -0.05) is 23.8 Å². The van der Waals surface area contributed by atoms with Gasteiger partial charge in [-0.2, -0.15) is 9.40 Å². The molecule has 1 aromatic carbocycles. The van der Waals surface area contributed by atoms with Gasteiger partial charge >= 0.3 is 0 Å². The van der Waals surface area contributed by atoms with Crippen molar-refractivity contribution in [1.82, 2.24) is 23.6 Å². The highest BCUT2D eigenvalue weighted by Crippen LogP contribution is 2.39. The Labute approximate surface area is 177 Å². The van der Waals surface area contributed by atoms with E-state index in [9.17, 15) is 8.42 Å². The highest BCUT2D eigenvalue weighted by molar-refractivity contribution is 7.89. The van der Waals surface area contributed by atoms with Crippen molar-refractivity contribution in [2.75, 3.05) is 26.2 Å². The average Bonchev–Trinajstić information content (AvgIpc) is 3.51. The molecule has 4 rings (SSSR count). The van der Waals surface area contributed by atoms with Gasteiger partial charge in [0.05, 0.1) is 11.6 Å². The van der Waals surface area contributed by atoms with Crippen molar-refractivity contribution in [2.45, 2.75) is 43.8 Å². The second-order valence-electron chi connectivity index (χ2n) is 7.79. The van der Waals surface area contributed by atoms with Crippen LogP contribution in [0.25, 0.3) is 0 Å². The maximum atomic E-state index is 12.9. The normalized spacial score (nSPS) is 18.8. The van der Waals surface area contributed by atoms with Crippen molar-refractivity contribution in [3.8, 4) is 0 Å². The molecule has 2 heterocycles. The lowest BCUT2D eigenvalue weighted by molar-refractivity contribution is 0.144. The number of aryl methyl sites for hydroxylation is 1. The minimum atomic E-state index is -3.45. The molecule has 0 unspecified atom stereocenters. The van der Waals surface area contributed by atoms with Gasteiger partial charge < -0.3 is 0 Å². The first-order valence-electron chi connectivity index (χ1n) is 9.98. The average molecular weight is 434 g/mol. The molecule has 7 nitrogen and oxygen atoms in total. The Kier molecular flexibility index (Phi) is 5.74. The Balaban J connectivity index is 1.43. The number of benzene rings is 1. The Morgan fingerprint density at radius 2 is 1.83 bits per heavy atom. The molecule has 9 heteroatoms. The third-order valence-electron chi connectivity index (χ3n) is 5.53. The lowest BCUT2D eigenvalue weighted by Crippen LogP contribution is -2.48. The van der Waals surface area contributed by atoms with E-state index in [2.05, 4.69) is 16.0 Å². The van der Waals surface area contributed by atoms with E-state index in [1.807, 2.05) is 29.8 Å². The van der Waals surface area contributed by atoms with Crippen molar-refractivity contribution in [2.24, 2.45) is 0 Å². The molecule has 156 valence electrons. The summed E-state index contributed by atoms with van der Waals surface area (Å²) in [5.41, 5.74) is 1.05. The first-order valence-corrected chi connectivity index (χ1v) is 11.8. The summed E-state index contributed by atoms with van der Waals surface area (Å²) in [5, 5.41) is 4.76. The van der Waals surface area contributed by atoms with Crippen LogP contribution in [0, 0.1) is 11.7 Å². The Hall–Kier alpha value is -1.81. The number of piperazine rings is 1. The van der Waals surface area contributed by atoms with Crippen molar-refractivity contribution in [1.29, 1.82) is 0 Å². The molecule has 2 aliphatic rings. The minimum absolute atomic E-state index is 0.357. The number of hydrogen-bond donors (Lipinski definition) is 0. The quantitative estimate of drug-likeness (QED) is 0.496. The van der Waals surface area contributed by atoms with E-state index in [1.54, 1.807) is 16.4 Å². The third kappa shape index (κ3) is 4.23. The monoisotopic (exact) mass is 433 g/mol. The molecule has 1 aliphatic carbocycles. The van der Waals surface area contributed by atoms with Gasteiger partial charge in [0.15, 0.2) is 4.77 Å². The van der Waals surface area contributed by atoms with Gasteiger partial charge in [0, 0.05) is 38.6 Å². The van der Waals surface area contributed by atoms with Gasteiger partial charge in [-0.15, -0.1) is 6.58 Å². The summed E-state index contributed by atoms with van der Waals surface area (Å²) in [6, 6.07) is 7.04. The van der Waals surface area contributed by atoms with Crippen molar-refractivity contribution < 1.29 is 8.42 Å². The number of aromatic nitrogens is 3. The smallest absolute Gasteiger partial charge is 0.243 e. The number of hydrogen-bond acceptors (Lipinski definition) is 5. The molecule has 2 aromatic rings. The van der Waals surface area contributed by atoms with Crippen LogP contribution in [0.3, 0.4) is 0 Å². The van der Waals surface area contributed by atoms with Crippen LogP contribution >= 0.6 is 12.2 Å². The van der Waals surface area contributed by atoms with E-state index >= 15 is 0 Å². The van der Waals surface area contributed by atoms with Crippen LogP contribution in [0.2, 0.25) is 0 Å². The second-order valence-corrected chi connectivity index (χ2v) is 10.1. The molecule has 0 bridgehead atoms. The highest BCUT2D eigenvalue weighted by atomic mass is 32.2. The zero-order valence-corrected chi connectivity index (χ0v) is 18.3. The number of allylic oxidation sites excluding steroid dienone is 1. The summed E-state index contributed by atoms with van der Waals surface area (Å²) in [5.74, 6) is 1.56. The van der Waals surface area contributed by atoms with Gasteiger partial charge in [-0.3, -0.25) is 9.47 Å². The van der Waals surface area contributed by atoms with Crippen LogP contribution < -0.4 is 0 Å². The van der Waals surface area contributed by atoms with E-state index in [4.69, 9.17) is 17.3 Å². The molecule has 2 fully saturated rings. The summed E-state index contributed by atoms with van der Waals surface area (Å²) in [7, 11) is -3.45. The van der Waals surface area contributed by atoms with Gasteiger partial charge in [0.2, 0.25) is 10.0 Å². The standard InChI is InChI=1S/C20H27N5O2S2/c1-3-10-24-19(17-6-7-17)21-25(20(24)28)15-22-11-13-23(14-12-22)29(26,27)18-8-4-16(2)5-9-18/h3-5,8-9,17H,1,6-7,10-15H2,2H3. The summed E-state index contributed by atoms with van der Waals surface area (Å²) in [6.45, 7) is 9.27. The summed E-state index contributed by atoms with van der Waals surface area (Å²) in [4.78, 5) is 2.56. The number of sulfonamides is 1. The largest absolute Gasteiger partial charge is 0.300 e. The molecular formula is C20H27N5O2S2. The number of rotatable bonds is 7. The summed E-state index contributed by atoms with van der Waals surface area (Å²) in [6.07, 6.45) is 4.18. The van der Waals surface area contributed by atoms with E-state index in [1.165, 1.54) is 12.8 Å². The van der Waals surface area contributed by atoms with Crippen LogP contribution in [0.1, 0.15) is 30.1 Å². The first kappa shape index (κ1) is 20.5. The molecule has 0 radical (unpaired) electrons. The van der Waals surface area contributed by atoms with Crippen LogP contribution in [0.5, 0.6) is 0 Å². The molecule has 1 saturated heterocycles. The predicted molar refractivity (Wildman–Crippen MR) is 115 cm³/mol. The maximum absolute atomic E-state index is 12.9. The topological polar surface area (TPSA) is 63.4 Å². The fourth-order valence-electron chi connectivity index (χ4n) is 3.65. The maximum Gasteiger partial charge on any atom is 0.243 e. The van der Waals surface area contributed by atoms with Gasteiger partial charge in [-0.05, 0) is 44.1 Å². The summed E-state index contributed by atoms with van der Waals surface area (Å²) < 4.78 is 32.0. The van der Waals surface area contributed by atoms with Crippen LogP contribution in [0.4, 0.5) is 0 Å². The minimum Gasteiger partial charge on any atom is -0.300 e. The lowest BCUT2D eigenvalue weighted by atomic mass is 10.2. The van der Waals surface area contributed by atoms with Gasteiger partial charge in [0.1, 0.15) is 5.82 Å². The van der Waals surface area contributed by atoms with Crippen molar-refractivity contribution >= 4 is 22.2 Å². The zero-order valence-electron chi connectivity index (χ0n) is 16.7. The van der Waals surface area contributed by atoms with Gasteiger partial charge in [0.25, 0.3) is 0 Å². The fourth-order valence-corrected chi connectivity index (χ4v) is 5.34. The first-order chi connectivity index (χ1) is 13.9. The van der Waals surface area contributed by atoms with E-state index < -0.39 is 10.0 Å². The van der Waals surface area contributed by atoms with Crippen LogP contribution in [0.15, 0.2) is 41.8 Å².